The second kappa shape index (κ2) is 22.5. The van der Waals surface area contributed by atoms with Crippen LogP contribution in [0.2, 0.25) is 0 Å². The van der Waals surface area contributed by atoms with E-state index in [9.17, 15) is 24.8 Å². The molecule has 2 amide bonds. The molecule has 1 aromatic heterocycles. The average Bonchev–Trinajstić information content (AvgIpc) is 3.59. The average molecular weight is 683 g/mol. The summed E-state index contributed by atoms with van der Waals surface area (Å²) in [5.41, 5.74) is 1.65. The summed E-state index contributed by atoms with van der Waals surface area (Å²) in [4.78, 5) is 36.4. The van der Waals surface area contributed by atoms with Gasteiger partial charge in [-0.25, -0.2) is 9.84 Å². The standard InChI is InChI=1S/C36H55N7O6/c1-3-4-5-6-7-8-9-10-11-12-16-22-32(44)37-25-18-17-21-29(40-36(46)35(45)39-27(2)28-19-14-13-15-20-28)26-38-30-23-24-31(43(47)48)34-33(30)41-49-42-34/h13-15,19-20,23-24,27,29,36,40,46H,3-12,16-18,21-22,25-26H2,1-2H3,(H3-,37,38,39,42,44,45,47,48)/p+1. The molecule has 3 atom stereocenters. The highest BCUT2D eigenvalue weighted by molar-refractivity contribution is 5.93. The van der Waals surface area contributed by atoms with Gasteiger partial charge in [-0.15, -0.1) is 0 Å². The van der Waals surface area contributed by atoms with Crippen LogP contribution in [0.3, 0.4) is 0 Å². The number of hydrogen-bond donors (Lipinski definition) is 6. The van der Waals surface area contributed by atoms with Gasteiger partial charge in [0.1, 0.15) is 0 Å². The molecule has 0 aliphatic rings. The number of aromatic nitrogens is 2. The van der Waals surface area contributed by atoms with Gasteiger partial charge >= 0.3 is 5.69 Å². The first-order valence-electron chi connectivity index (χ1n) is 18.0. The van der Waals surface area contributed by atoms with Crippen LogP contribution < -0.4 is 21.3 Å². The number of amides is 2. The fourth-order valence-electron chi connectivity index (χ4n) is 5.83. The van der Waals surface area contributed by atoms with E-state index in [1.54, 1.807) is 6.07 Å². The summed E-state index contributed by atoms with van der Waals surface area (Å²) in [5, 5.41) is 39.8. The maximum atomic E-state index is 12.9. The van der Waals surface area contributed by atoms with E-state index in [-0.39, 0.29) is 46.2 Å². The summed E-state index contributed by atoms with van der Waals surface area (Å²) in [5.74, 6) is -0.484. The molecule has 2 aromatic carbocycles. The summed E-state index contributed by atoms with van der Waals surface area (Å²) < 4.78 is 4.79. The molecule has 3 unspecified atom stereocenters. The number of benzene rings is 2. The van der Waals surface area contributed by atoms with E-state index in [1.165, 1.54) is 63.9 Å². The first kappa shape index (κ1) is 39.3. The second-order valence-corrected chi connectivity index (χ2v) is 12.8. The van der Waals surface area contributed by atoms with Gasteiger partial charge in [0, 0.05) is 31.6 Å². The highest BCUT2D eigenvalue weighted by Gasteiger charge is 2.25. The largest absolute Gasteiger partial charge is 0.382 e. The number of unbranched alkanes of at least 4 members (excludes halogenated alkanes) is 11. The smallest absolute Gasteiger partial charge is 0.347 e. The van der Waals surface area contributed by atoms with Crippen molar-refractivity contribution >= 4 is 34.2 Å². The van der Waals surface area contributed by atoms with Crippen LogP contribution in [0.1, 0.15) is 122 Å². The Kier molecular flexibility index (Phi) is 18.1. The molecule has 0 aliphatic heterocycles. The Hall–Kier alpha value is -4.10. The van der Waals surface area contributed by atoms with Crippen molar-refractivity contribution in [1.82, 2.24) is 26.3 Å². The van der Waals surface area contributed by atoms with Crippen molar-refractivity contribution in [1.29, 1.82) is 0 Å². The molecular weight excluding hydrogens is 626 g/mol. The van der Waals surface area contributed by atoms with Gasteiger partial charge in [-0.3, -0.25) is 14.9 Å². The molecule has 3 aromatic rings. The van der Waals surface area contributed by atoms with E-state index in [4.69, 9.17) is 4.63 Å². The number of nitrogens with zero attached hydrogens (tertiary/aromatic N) is 3. The van der Waals surface area contributed by atoms with Crippen molar-refractivity contribution in [2.24, 2.45) is 0 Å². The highest BCUT2D eigenvalue weighted by Crippen LogP contribution is 2.28. The van der Waals surface area contributed by atoms with Crippen molar-refractivity contribution in [3.05, 3.63) is 52.9 Å². The molecule has 0 aliphatic carbocycles. The molecule has 0 spiro atoms. The Balaban J connectivity index is 1.42. The predicted molar refractivity (Wildman–Crippen MR) is 189 cm³/mol. The third-order valence-corrected chi connectivity index (χ3v) is 8.75. The molecule has 3 rings (SSSR count). The predicted octanol–water partition coefficient (Wildman–Crippen LogP) is 6.58. The first-order valence-corrected chi connectivity index (χ1v) is 18.0. The molecule has 13 heteroatoms. The van der Waals surface area contributed by atoms with Crippen molar-refractivity contribution in [2.75, 3.05) is 18.4 Å². The van der Waals surface area contributed by atoms with Crippen LogP contribution in [0.25, 0.3) is 11.0 Å². The van der Waals surface area contributed by atoms with Crippen molar-refractivity contribution in [3.63, 3.8) is 0 Å². The lowest BCUT2D eigenvalue weighted by atomic mass is 10.1. The second-order valence-electron chi connectivity index (χ2n) is 12.8. The van der Waals surface area contributed by atoms with E-state index in [1.807, 2.05) is 37.3 Å². The van der Waals surface area contributed by atoms with Crippen molar-refractivity contribution < 1.29 is 29.5 Å². The molecule has 0 radical (unpaired) electrons. The highest BCUT2D eigenvalue weighted by atomic mass is 16.6. The Bertz CT molecular complexity index is 1400. The molecule has 49 heavy (non-hydrogen) atoms. The number of carbonyl (C=O) groups is 2. The monoisotopic (exact) mass is 682 g/mol. The van der Waals surface area contributed by atoms with Gasteiger partial charge < -0.3 is 21.1 Å². The van der Waals surface area contributed by atoms with Crippen molar-refractivity contribution in [3.8, 4) is 0 Å². The van der Waals surface area contributed by atoms with Crippen LogP contribution in [0.4, 0.5) is 11.4 Å². The van der Waals surface area contributed by atoms with Crippen LogP contribution in [0.5, 0.6) is 0 Å². The number of nitrogens with one attached hydrogen (secondary N) is 4. The maximum Gasteiger partial charge on any atom is 0.347 e. The zero-order valence-corrected chi connectivity index (χ0v) is 29.2. The van der Waals surface area contributed by atoms with Crippen LogP contribution in [-0.4, -0.2) is 62.7 Å². The minimum Gasteiger partial charge on any atom is -0.382 e. The Morgan fingerprint density at radius 3 is 2.18 bits per heavy atom. The quantitative estimate of drug-likeness (QED) is 0.0308. The van der Waals surface area contributed by atoms with Crippen LogP contribution in [0, 0.1) is 4.91 Å². The normalized spacial score (nSPS) is 13.1. The van der Waals surface area contributed by atoms with E-state index in [2.05, 4.69) is 38.5 Å². The molecule has 0 fully saturated rings. The van der Waals surface area contributed by atoms with Crippen LogP contribution >= 0.6 is 0 Å². The Morgan fingerprint density at radius 2 is 1.51 bits per heavy atom. The van der Waals surface area contributed by atoms with Gasteiger partial charge in [0.15, 0.2) is 11.7 Å². The van der Waals surface area contributed by atoms with Crippen LogP contribution in [-0.2, 0) is 9.59 Å². The number of fused-ring (bicyclic) bond motifs is 1. The number of anilines is 1. The minimum absolute atomic E-state index is 0.0695. The molecule has 1 heterocycles. The van der Waals surface area contributed by atoms with E-state index in [0.717, 1.165) is 31.2 Å². The SMILES string of the molecule is CCCCCCCCCCCCCC(=O)NCCCCC(CNc1ccc([N+](=O)O)c2nonc12)NC(O)C(=O)NC(C)c1ccccc1. The summed E-state index contributed by atoms with van der Waals surface area (Å²) in [6.45, 7) is 4.92. The van der Waals surface area contributed by atoms with Gasteiger partial charge in [0.2, 0.25) is 11.4 Å². The van der Waals surface area contributed by atoms with E-state index in [0.29, 0.717) is 25.1 Å². The zero-order valence-electron chi connectivity index (χ0n) is 29.2. The molecule has 270 valence electrons. The third kappa shape index (κ3) is 14.5. The lowest BCUT2D eigenvalue weighted by Crippen LogP contribution is -2.50. The van der Waals surface area contributed by atoms with Gasteiger partial charge in [-0.1, -0.05) is 108 Å². The lowest BCUT2D eigenvalue weighted by Gasteiger charge is -2.24. The van der Waals surface area contributed by atoms with Gasteiger partial charge in [-0.05, 0) is 48.1 Å². The topological polar surface area (TPSA) is 182 Å². The number of aliphatic hydroxyl groups excluding tert-OH is 1. The number of carbonyl (C=O) groups excluding carboxylic acids is 2. The molecular formula is C36H56N7O6+. The lowest BCUT2D eigenvalue weighted by molar-refractivity contribution is -0.728. The summed E-state index contributed by atoms with van der Waals surface area (Å²) in [7, 11) is 0. The van der Waals surface area contributed by atoms with E-state index >= 15 is 0 Å². The first-order chi connectivity index (χ1) is 23.8. The van der Waals surface area contributed by atoms with Gasteiger partial charge in [-0.2, -0.15) is 0 Å². The Labute approximate surface area is 289 Å². The van der Waals surface area contributed by atoms with Gasteiger partial charge in [0.25, 0.3) is 10.8 Å². The van der Waals surface area contributed by atoms with Crippen LogP contribution in [0.15, 0.2) is 47.1 Å². The molecule has 0 saturated carbocycles. The Morgan fingerprint density at radius 1 is 0.857 bits per heavy atom. The molecule has 0 bridgehead atoms. The number of hydrogen-bond acceptors (Lipinski definition) is 9. The summed E-state index contributed by atoms with van der Waals surface area (Å²) in [6, 6.07) is 11.8. The fraction of sp³-hybridized carbons (Fsp3) is 0.611. The number of aliphatic hydroxyl groups is 1. The van der Waals surface area contributed by atoms with E-state index < -0.39 is 12.1 Å². The fourth-order valence-corrected chi connectivity index (χ4v) is 5.83. The molecule has 13 nitrogen and oxygen atoms in total. The van der Waals surface area contributed by atoms with Gasteiger partial charge in [0.05, 0.1) is 16.6 Å². The molecule has 0 saturated heterocycles. The summed E-state index contributed by atoms with van der Waals surface area (Å²) >= 11 is 0. The summed E-state index contributed by atoms with van der Waals surface area (Å²) in [6.07, 6.45) is 14.8. The maximum absolute atomic E-state index is 12.9. The number of rotatable bonds is 26. The van der Waals surface area contributed by atoms with Crippen molar-refractivity contribution in [2.45, 2.75) is 128 Å². The zero-order chi connectivity index (χ0) is 35.3. The third-order valence-electron chi connectivity index (χ3n) is 8.75. The minimum atomic E-state index is -1.47. The molecule has 6 N–H and O–H groups in total.